The van der Waals surface area contributed by atoms with Crippen LogP contribution < -0.4 is 5.11 Å². The Kier molecular flexibility index (Phi) is 2.69. The highest BCUT2D eigenvalue weighted by Crippen LogP contribution is 2.20. The Balaban J connectivity index is 2.51. The second kappa shape index (κ2) is 3.48. The molecule has 0 aliphatic carbocycles. The van der Waals surface area contributed by atoms with Crippen LogP contribution in [0.1, 0.15) is 27.2 Å². The molecular weight excluding hydrogens is 186 g/mol. The molecule has 0 aromatic rings. The number of nitrogens with zero attached hydrogens (tertiary/aromatic N) is 1. The Morgan fingerprint density at radius 2 is 2.00 bits per heavy atom. The van der Waals surface area contributed by atoms with Gasteiger partial charge in [0.2, 0.25) is 0 Å². The van der Waals surface area contributed by atoms with E-state index in [4.69, 9.17) is 4.74 Å². The summed E-state index contributed by atoms with van der Waals surface area (Å²) in [5, 5.41) is 10.5. The van der Waals surface area contributed by atoms with Crippen LogP contribution in [0, 0.1) is 0 Å². The predicted octanol–water partition coefficient (Wildman–Crippen LogP) is -0.254. The summed E-state index contributed by atoms with van der Waals surface area (Å²) in [5.41, 5.74) is -0.594. The molecule has 0 N–H and O–H groups in total. The molecule has 1 heterocycles. The van der Waals surface area contributed by atoms with Gasteiger partial charge in [0.25, 0.3) is 0 Å². The minimum absolute atomic E-state index is 0.424. The number of carbonyl (C=O) groups is 2. The van der Waals surface area contributed by atoms with E-state index >= 15 is 0 Å². The van der Waals surface area contributed by atoms with Gasteiger partial charge in [-0.2, -0.15) is 0 Å². The van der Waals surface area contributed by atoms with Gasteiger partial charge in [0.1, 0.15) is 5.60 Å². The molecule has 0 unspecified atom stereocenters. The van der Waals surface area contributed by atoms with E-state index in [2.05, 4.69) is 0 Å². The van der Waals surface area contributed by atoms with Gasteiger partial charge in [0.15, 0.2) is 0 Å². The van der Waals surface area contributed by atoms with E-state index in [1.807, 2.05) is 0 Å². The van der Waals surface area contributed by atoms with Gasteiger partial charge in [-0.15, -0.1) is 0 Å². The Labute approximate surface area is 82.6 Å². The third-order valence-corrected chi connectivity index (χ3v) is 1.92. The van der Waals surface area contributed by atoms with Crippen LogP contribution in [-0.4, -0.2) is 35.2 Å². The van der Waals surface area contributed by atoms with Crippen LogP contribution in [0.25, 0.3) is 0 Å². The fourth-order valence-corrected chi connectivity index (χ4v) is 1.17. The normalized spacial score (nSPS) is 21.4. The summed E-state index contributed by atoms with van der Waals surface area (Å²) in [6.07, 6.45) is -0.139. The zero-order chi connectivity index (χ0) is 10.9. The molecule has 1 amide bonds. The van der Waals surface area contributed by atoms with Gasteiger partial charge in [-0.3, -0.25) is 4.90 Å². The highest BCUT2D eigenvalue weighted by Gasteiger charge is 2.35. The summed E-state index contributed by atoms with van der Waals surface area (Å²) in [4.78, 5) is 23.0. The number of carbonyl (C=O) groups excluding carboxylic acids is 2. The molecule has 1 aliphatic rings. The van der Waals surface area contributed by atoms with Crippen LogP contribution in [0.3, 0.4) is 0 Å². The smallest absolute Gasteiger partial charge is 0.410 e. The molecule has 1 aliphatic heterocycles. The number of likely N-dealkylation sites (tertiary alicyclic amines) is 1. The molecule has 80 valence electrons. The van der Waals surface area contributed by atoms with E-state index in [0.717, 1.165) is 0 Å². The number of carboxylic acids is 1. The summed E-state index contributed by atoms with van der Waals surface area (Å²) < 4.78 is 5.02. The van der Waals surface area contributed by atoms with Crippen molar-refractivity contribution in [2.75, 3.05) is 6.54 Å². The van der Waals surface area contributed by atoms with Crippen molar-refractivity contribution in [3.63, 3.8) is 0 Å². The molecule has 14 heavy (non-hydrogen) atoms. The van der Waals surface area contributed by atoms with Crippen molar-refractivity contribution in [2.45, 2.75) is 38.8 Å². The summed E-state index contributed by atoms with van der Waals surface area (Å²) in [6.45, 7) is 5.63. The van der Waals surface area contributed by atoms with E-state index in [0.29, 0.717) is 13.0 Å². The second-order valence-electron chi connectivity index (χ2n) is 4.30. The molecule has 1 saturated heterocycles. The molecule has 1 fully saturated rings. The Morgan fingerprint density at radius 1 is 1.43 bits per heavy atom. The van der Waals surface area contributed by atoms with Crippen LogP contribution in [0.5, 0.6) is 0 Å². The highest BCUT2D eigenvalue weighted by molar-refractivity contribution is 5.80. The number of rotatable bonds is 1. The summed E-state index contributed by atoms with van der Waals surface area (Å²) >= 11 is 0. The highest BCUT2D eigenvalue weighted by atomic mass is 16.6. The maximum absolute atomic E-state index is 11.4. The van der Waals surface area contributed by atoms with Gasteiger partial charge in [-0.25, -0.2) is 4.79 Å². The van der Waals surface area contributed by atoms with Crippen LogP contribution in [0.15, 0.2) is 0 Å². The van der Waals surface area contributed by atoms with Gasteiger partial charge >= 0.3 is 6.09 Å². The molecule has 0 saturated carbocycles. The van der Waals surface area contributed by atoms with Crippen molar-refractivity contribution in [2.24, 2.45) is 0 Å². The number of hydrogen-bond donors (Lipinski definition) is 0. The quantitative estimate of drug-likeness (QED) is 0.585. The van der Waals surface area contributed by atoms with E-state index in [-0.39, 0.29) is 0 Å². The average molecular weight is 200 g/mol. The lowest BCUT2D eigenvalue weighted by molar-refractivity contribution is -0.314. The minimum atomic E-state index is -1.22. The number of ether oxygens (including phenoxy) is 1. The summed E-state index contributed by atoms with van der Waals surface area (Å²) in [5.74, 6) is -1.22. The third-order valence-electron chi connectivity index (χ3n) is 1.92. The fraction of sp³-hybridized carbons (Fsp3) is 0.778. The fourth-order valence-electron chi connectivity index (χ4n) is 1.17. The van der Waals surface area contributed by atoms with Crippen LogP contribution in [0.4, 0.5) is 4.79 Å². The summed E-state index contributed by atoms with van der Waals surface area (Å²) in [7, 11) is 0. The number of aliphatic carboxylic acids is 1. The Bertz CT molecular complexity index is 256. The van der Waals surface area contributed by atoms with Crippen LogP contribution in [0.2, 0.25) is 0 Å². The zero-order valence-corrected chi connectivity index (χ0v) is 8.57. The Hall–Kier alpha value is -1.26. The first-order chi connectivity index (χ1) is 6.31. The molecule has 0 aromatic carbocycles. The van der Waals surface area contributed by atoms with Crippen molar-refractivity contribution in [1.29, 1.82) is 0 Å². The topological polar surface area (TPSA) is 69.7 Å². The van der Waals surface area contributed by atoms with Crippen LogP contribution in [-0.2, 0) is 9.53 Å². The largest absolute Gasteiger partial charge is 0.548 e. The van der Waals surface area contributed by atoms with Gasteiger partial charge in [-0.1, -0.05) is 0 Å². The van der Waals surface area contributed by atoms with E-state index in [1.54, 1.807) is 20.8 Å². The molecule has 0 aromatic heterocycles. The first-order valence-electron chi connectivity index (χ1n) is 4.52. The molecule has 5 heteroatoms. The van der Waals surface area contributed by atoms with Crippen molar-refractivity contribution in [1.82, 2.24) is 4.90 Å². The first kappa shape index (κ1) is 10.8. The third kappa shape index (κ3) is 2.37. The van der Waals surface area contributed by atoms with Crippen molar-refractivity contribution >= 4 is 12.1 Å². The van der Waals surface area contributed by atoms with Crippen molar-refractivity contribution < 1.29 is 19.4 Å². The molecule has 0 bridgehead atoms. The number of carboxylic acid groups (broad SMARTS) is 1. The standard InChI is InChI=1S/C9H15NO4/c1-9(2,3)14-8(13)10-5-4-6(10)7(11)12/h6H,4-5H2,1-3H3,(H,11,12)/p-1/t6-/m1/s1. The SMILES string of the molecule is CC(C)(C)OC(=O)N1CC[C@@H]1C(=O)[O-]. The van der Waals surface area contributed by atoms with Gasteiger partial charge in [0.05, 0.1) is 12.0 Å². The monoisotopic (exact) mass is 200 g/mol. The molecule has 1 rings (SSSR count). The Morgan fingerprint density at radius 3 is 2.29 bits per heavy atom. The van der Waals surface area contributed by atoms with Crippen molar-refractivity contribution in [3.05, 3.63) is 0 Å². The maximum atomic E-state index is 11.4. The van der Waals surface area contributed by atoms with E-state index in [9.17, 15) is 14.7 Å². The lowest BCUT2D eigenvalue weighted by Gasteiger charge is -2.41. The molecule has 1 atom stereocenters. The molecule has 0 spiro atoms. The van der Waals surface area contributed by atoms with Gasteiger partial charge in [-0.05, 0) is 27.2 Å². The average Bonchev–Trinajstić information content (AvgIpc) is 1.75. The lowest BCUT2D eigenvalue weighted by Crippen LogP contribution is -2.59. The van der Waals surface area contributed by atoms with Gasteiger partial charge < -0.3 is 14.6 Å². The molecule has 5 nitrogen and oxygen atoms in total. The molecular formula is C9H14NO4-. The maximum Gasteiger partial charge on any atom is 0.410 e. The first-order valence-corrected chi connectivity index (χ1v) is 4.52. The second-order valence-corrected chi connectivity index (χ2v) is 4.30. The number of hydrogen-bond acceptors (Lipinski definition) is 4. The molecule has 0 radical (unpaired) electrons. The van der Waals surface area contributed by atoms with Gasteiger partial charge in [0, 0.05) is 6.54 Å². The van der Waals surface area contributed by atoms with Crippen molar-refractivity contribution in [3.8, 4) is 0 Å². The van der Waals surface area contributed by atoms with E-state index < -0.39 is 23.7 Å². The van der Waals surface area contributed by atoms with Crippen LogP contribution >= 0.6 is 0 Å². The minimum Gasteiger partial charge on any atom is -0.548 e. The number of amides is 1. The predicted molar refractivity (Wildman–Crippen MR) is 46.4 cm³/mol. The zero-order valence-electron chi connectivity index (χ0n) is 8.57. The summed E-state index contributed by atoms with van der Waals surface area (Å²) in [6, 6.07) is -0.815. The van der Waals surface area contributed by atoms with E-state index in [1.165, 1.54) is 4.90 Å². The lowest BCUT2D eigenvalue weighted by atomic mass is 10.0.